The van der Waals surface area contributed by atoms with Gasteiger partial charge in [-0.3, -0.25) is 4.79 Å². The van der Waals surface area contributed by atoms with Gasteiger partial charge >= 0.3 is 5.97 Å². The number of carboxylic acids is 1. The van der Waals surface area contributed by atoms with Gasteiger partial charge in [0.2, 0.25) is 0 Å². The van der Waals surface area contributed by atoms with Gasteiger partial charge < -0.3 is 14.9 Å². The van der Waals surface area contributed by atoms with Crippen LogP contribution in [0, 0.1) is 0 Å². The molecule has 1 saturated heterocycles. The van der Waals surface area contributed by atoms with Crippen LogP contribution in [0.3, 0.4) is 0 Å². The van der Waals surface area contributed by atoms with Crippen LogP contribution in [-0.2, 0) is 4.79 Å². The van der Waals surface area contributed by atoms with Crippen molar-refractivity contribution in [2.45, 2.75) is 0 Å². The summed E-state index contributed by atoms with van der Waals surface area (Å²) in [4.78, 5) is 26.8. The van der Waals surface area contributed by atoms with Gasteiger partial charge in [0.25, 0.3) is 5.91 Å². The van der Waals surface area contributed by atoms with Crippen LogP contribution in [0.25, 0.3) is 6.08 Å². The molecular formula is C15H18N2O3. The number of likely N-dealkylation sites (N-methyl/N-ethyl adjacent to an activating group) is 1. The van der Waals surface area contributed by atoms with Gasteiger partial charge in [0.1, 0.15) is 0 Å². The fraction of sp³-hybridized carbons (Fsp3) is 0.333. The molecule has 0 radical (unpaired) electrons. The number of benzene rings is 1. The molecule has 20 heavy (non-hydrogen) atoms. The first kappa shape index (κ1) is 14.3. The quantitative estimate of drug-likeness (QED) is 0.841. The van der Waals surface area contributed by atoms with E-state index in [0.29, 0.717) is 5.56 Å². The Morgan fingerprint density at radius 3 is 2.25 bits per heavy atom. The molecule has 0 unspecified atom stereocenters. The minimum atomic E-state index is -0.984. The Hall–Kier alpha value is -2.14. The van der Waals surface area contributed by atoms with E-state index in [1.165, 1.54) is 6.08 Å². The van der Waals surface area contributed by atoms with E-state index in [1.54, 1.807) is 24.3 Å². The molecule has 0 saturated carbocycles. The molecule has 1 aliphatic rings. The number of hydrogen-bond donors (Lipinski definition) is 1. The first-order valence-electron chi connectivity index (χ1n) is 6.55. The Labute approximate surface area is 118 Å². The van der Waals surface area contributed by atoms with Crippen molar-refractivity contribution in [1.82, 2.24) is 9.80 Å². The van der Waals surface area contributed by atoms with Crippen molar-refractivity contribution in [3.05, 3.63) is 41.5 Å². The lowest BCUT2D eigenvalue weighted by Crippen LogP contribution is -2.47. The SMILES string of the molecule is CN1CCN(C(=O)c2ccc(C=CC(=O)O)cc2)CC1. The highest BCUT2D eigenvalue weighted by atomic mass is 16.4. The number of aliphatic carboxylic acids is 1. The maximum atomic E-state index is 12.3. The van der Waals surface area contributed by atoms with Gasteiger partial charge in [0.15, 0.2) is 0 Å². The minimum absolute atomic E-state index is 0.0341. The van der Waals surface area contributed by atoms with Crippen molar-refractivity contribution < 1.29 is 14.7 Å². The number of carbonyl (C=O) groups is 2. The summed E-state index contributed by atoms with van der Waals surface area (Å²) in [6, 6.07) is 6.98. The first-order valence-corrected chi connectivity index (χ1v) is 6.55. The van der Waals surface area contributed by atoms with Crippen molar-refractivity contribution in [2.75, 3.05) is 33.2 Å². The molecule has 5 heteroatoms. The predicted octanol–water partition coefficient (Wildman–Crippen LogP) is 1.17. The van der Waals surface area contributed by atoms with Crippen LogP contribution < -0.4 is 0 Å². The number of carbonyl (C=O) groups excluding carboxylic acids is 1. The number of piperazine rings is 1. The summed E-state index contributed by atoms with van der Waals surface area (Å²) in [6.07, 6.45) is 2.59. The van der Waals surface area contributed by atoms with Crippen LogP contribution in [0.2, 0.25) is 0 Å². The zero-order valence-electron chi connectivity index (χ0n) is 11.5. The average molecular weight is 274 g/mol. The molecule has 106 valence electrons. The summed E-state index contributed by atoms with van der Waals surface area (Å²) in [5.74, 6) is -0.950. The summed E-state index contributed by atoms with van der Waals surface area (Å²) >= 11 is 0. The third-order valence-corrected chi connectivity index (χ3v) is 3.37. The Morgan fingerprint density at radius 1 is 1.10 bits per heavy atom. The third-order valence-electron chi connectivity index (χ3n) is 3.37. The fourth-order valence-corrected chi connectivity index (χ4v) is 2.10. The van der Waals surface area contributed by atoms with Crippen LogP contribution >= 0.6 is 0 Å². The lowest BCUT2D eigenvalue weighted by Gasteiger charge is -2.32. The van der Waals surface area contributed by atoms with Crippen molar-refractivity contribution in [1.29, 1.82) is 0 Å². The van der Waals surface area contributed by atoms with Gasteiger partial charge in [-0.15, -0.1) is 0 Å². The molecule has 0 atom stereocenters. The lowest BCUT2D eigenvalue weighted by molar-refractivity contribution is -0.131. The highest BCUT2D eigenvalue weighted by Gasteiger charge is 2.19. The normalized spacial score (nSPS) is 16.6. The summed E-state index contributed by atoms with van der Waals surface area (Å²) in [6.45, 7) is 3.28. The zero-order chi connectivity index (χ0) is 14.5. The summed E-state index contributed by atoms with van der Waals surface area (Å²) < 4.78 is 0. The largest absolute Gasteiger partial charge is 0.478 e. The van der Waals surface area contributed by atoms with E-state index >= 15 is 0 Å². The number of nitrogens with zero attached hydrogens (tertiary/aromatic N) is 2. The number of carboxylic acid groups (broad SMARTS) is 1. The molecule has 0 aromatic heterocycles. The molecular weight excluding hydrogens is 256 g/mol. The van der Waals surface area contributed by atoms with Crippen molar-refractivity contribution in [3.8, 4) is 0 Å². The second kappa shape index (κ2) is 6.34. The summed E-state index contributed by atoms with van der Waals surface area (Å²) in [5, 5.41) is 8.56. The maximum absolute atomic E-state index is 12.3. The highest BCUT2D eigenvalue weighted by Crippen LogP contribution is 2.11. The van der Waals surface area contributed by atoms with Gasteiger partial charge in [-0.05, 0) is 30.8 Å². The molecule has 1 aromatic rings. The van der Waals surface area contributed by atoms with Crippen molar-refractivity contribution in [3.63, 3.8) is 0 Å². The highest BCUT2D eigenvalue weighted by molar-refractivity contribution is 5.94. The number of rotatable bonds is 3. The van der Waals surface area contributed by atoms with E-state index in [0.717, 1.165) is 37.8 Å². The maximum Gasteiger partial charge on any atom is 0.328 e. The molecule has 1 aliphatic heterocycles. The van der Waals surface area contributed by atoms with Gasteiger partial charge in [-0.2, -0.15) is 0 Å². The topological polar surface area (TPSA) is 60.9 Å². The Bertz CT molecular complexity index is 514. The standard InChI is InChI=1S/C15H18N2O3/c1-16-8-10-17(11-9-16)15(20)13-5-2-12(3-6-13)4-7-14(18)19/h2-7H,8-11H2,1H3,(H,18,19). The van der Waals surface area contributed by atoms with Crippen LogP contribution in [-0.4, -0.2) is 60.0 Å². The Balaban J connectivity index is 2.02. The molecule has 1 aromatic carbocycles. The summed E-state index contributed by atoms with van der Waals surface area (Å²) in [5.41, 5.74) is 1.41. The van der Waals surface area contributed by atoms with Gasteiger partial charge in [0, 0.05) is 37.8 Å². The molecule has 1 amide bonds. The first-order chi connectivity index (χ1) is 9.56. The molecule has 2 rings (SSSR count). The van der Waals surface area contributed by atoms with E-state index in [9.17, 15) is 9.59 Å². The molecule has 0 aliphatic carbocycles. The number of hydrogen-bond acceptors (Lipinski definition) is 3. The lowest BCUT2D eigenvalue weighted by atomic mass is 10.1. The molecule has 0 spiro atoms. The molecule has 0 bridgehead atoms. The molecule has 5 nitrogen and oxygen atoms in total. The fourth-order valence-electron chi connectivity index (χ4n) is 2.10. The Kier molecular flexibility index (Phi) is 4.53. The van der Waals surface area contributed by atoms with E-state index in [4.69, 9.17) is 5.11 Å². The minimum Gasteiger partial charge on any atom is -0.478 e. The van der Waals surface area contributed by atoms with Gasteiger partial charge in [0.05, 0.1) is 0 Å². The molecule has 1 N–H and O–H groups in total. The van der Waals surface area contributed by atoms with Crippen LogP contribution in [0.5, 0.6) is 0 Å². The van der Waals surface area contributed by atoms with Crippen LogP contribution in [0.15, 0.2) is 30.3 Å². The van der Waals surface area contributed by atoms with E-state index in [2.05, 4.69) is 4.90 Å². The van der Waals surface area contributed by atoms with E-state index < -0.39 is 5.97 Å². The molecule has 1 heterocycles. The van der Waals surface area contributed by atoms with Gasteiger partial charge in [-0.1, -0.05) is 12.1 Å². The zero-order valence-corrected chi connectivity index (χ0v) is 11.5. The van der Waals surface area contributed by atoms with Crippen LogP contribution in [0.1, 0.15) is 15.9 Å². The third kappa shape index (κ3) is 3.68. The second-order valence-electron chi connectivity index (χ2n) is 4.89. The Morgan fingerprint density at radius 2 is 1.70 bits per heavy atom. The van der Waals surface area contributed by atoms with Crippen LogP contribution in [0.4, 0.5) is 0 Å². The monoisotopic (exact) mass is 274 g/mol. The van der Waals surface area contributed by atoms with Crippen molar-refractivity contribution in [2.24, 2.45) is 0 Å². The molecule has 1 fully saturated rings. The van der Waals surface area contributed by atoms with Crippen molar-refractivity contribution >= 4 is 18.0 Å². The smallest absolute Gasteiger partial charge is 0.328 e. The van der Waals surface area contributed by atoms with E-state index in [-0.39, 0.29) is 5.91 Å². The van der Waals surface area contributed by atoms with Gasteiger partial charge in [-0.25, -0.2) is 4.79 Å². The predicted molar refractivity (Wildman–Crippen MR) is 76.5 cm³/mol. The number of amides is 1. The second-order valence-corrected chi connectivity index (χ2v) is 4.89. The summed E-state index contributed by atoms with van der Waals surface area (Å²) in [7, 11) is 2.05. The van der Waals surface area contributed by atoms with E-state index in [1.807, 2.05) is 11.9 Å². The average Bonchev–Trinajstić information content (AvgIpc) is 2.46.